The summed E-state index contributed by atoms with van der Waals surface area (Å²) in [6.07, 6.45) is 2.80. The molecule has 3 rings (SSSR count). The van der Waals surface area contributed by atoms with Crippen molar-refractivity contribution in [1.82, 2.24) is 24.8 Å². The maximum Gasteiger partial charge on any atom is 0.193 e. The standard InChI is InChI=1S/C18H28N6S.HI/c1-4-19-18(23-11-12-25-15(13-23)14(2)3)20-9-8-17-22-21-16-7-5-6-10-24(16)17;/h5-7,10,14-15H,4,8-9,11-13H2,1-3H3,(H,19,20);1H. The highest BCUT2D eigenvalue weighted by Gasteiger charge is 2.24. The first-order valence-corrected chi connectivity index (χ1v) is 10.2. The quantitative estimate of drug-likeness (QED) is 0.399. The lowest BCUT2D eigenvalue weighted by molar-refractivity contribution is 0.381. The van der Waals surface area contributed by atoms with Gasteiger partial charge < -0.3 is 10.2 Å². The van der Waals surface area contributed by atoms with Crippen LogP contribution in [0.25, 0.3) is 5.65 Å². The molecular weight excluding hydrogens is 459 g/mol. The third kappa shape index (κ3) is 5.25. The Labute approximate surface area is 177 Å². The fourth-order valence-electron chi connectivity index (χ4n) is 3.02. The van der Waals surface area contributed by atoms with Crippen LogP contribution in [0.3, 0.4) is 0 Å². The van der Waals surface area contributed by atoms with Crippen molar-refractivity contribution < 1.29 is 0 Å². The van der Waals surface area contributed by atoms with Crippen LogP contribution in [0.5, 0.6) is 0 Å². The summed E-state index contributed by atoms with van der Waals surface area (Å²) < 4.78 is 2.04. The molecule has 1 aliphatic rings. The number of aliphatic imine (C=N–C) groups is 1. The molecule has 0 bridgehead atoms. The fourth-order valence-corrected chi connectivity index (χ4v) is 4.32. The van der Waals surface area contributed by atoms with E-state index in [0.29, 0.717) is 17.7 Å². The Morgan fingerprint density at radius 2 is 2.23 bits per heavy atom. The largest absolute Gasteiger partial charge is 0.357 e. The van der Waals surface area contributed by atoms with Crippen LogP contribution < -0.4 is 5.32 Å². The van der Waals surface area contributed by atoms with Crippen molar-refractivity contribution in [2.45, 2.75) is 32.4 Å². The maximum absolute atomic E-state index is 4.85. The fraction of sp³-hybridized carbons (Fsp3) is 0.611. The van der Waals surface area contributed by atoms with Crippen LogP contribution in [-0.2, 0) is 6.42 Å². The molecule has 1 aliphatic heterocycles. The first-order chi connectivity index (χ1) is 12.2. The molecule has 2 aromatic heterocycles. The molecule has 0 aromatic carbocycles. The average Bonchev–Trinajstić information content (AvgIpc) is 3.04. The molecule has 0 aliphatic carbocycles. The molecule has 8 heteroatoms. The highest BCUT2D eigenvalue weighted by molar-refractivity contribution is 14.0. The van der Waals surface area contributed by atoms with Crippen LogP contribution in [0, 0.1) is 5.92 Å². The predicted molar refractivity (Wildman–Crippen MR) is 121 cm³/mol. The maximum atomic E-state index is 4.85. The summed E-state index contributed by atoms with van der Waals surface area (Å²) in [5.41, 5.74) is 0.890. The second-order valence-electron chi connectivity index (χ2n) is 6.63. The molecule has 1 unspecified atom stereocenters. The number of thioether (sulfide) groups is 1. The van der Waals surface area contributed by atoms with Gasteiger partial charge in [0, 0.05) is 49.8 Å². The van der Waals surface area contributed by atoms with Gasteiger partial charge in [-0.25, -0.2) is 0 Å². The van der Waals surface area contributed by atoms with E-state index in [2.05, 4.69) is 52.9 Å². The van der Waals surface area contributed by atoms with E-state index in [1.807, 2.05) is 28.8 Å². The number of guanidine groups is 1. The van der Waals surface area contributed by atoms with Gasteiger partial charge in [0.2, 0.25) is 0 Å². The summed E-state index contributed by atoms with van der Waals surface area (Å²) >= 11 is 2.09. The highest BCUT2D eigenvalue weighted by Crippen LogP contribution is 2.24. The number of aromatic nitrogens is 3. The lowest BCUT2D eigenvalue weighted by atomic mass is 10.1. The Balaban J connectivity index is 0.00000243. The van der Waals surface area contributed by atoms with Crippen molar-refractivity contribution in [2.75, 3.05) is 31.9 Å². The van der Waals surface area contributed by atoms with Gasteiger partial charge in [-0.05, 0) is 25.0 Å². The SMILES string of the molecule is CCNC(=NCCc1nnc2ccccn12)N1CCSC(C(C)C)C1.I. The first kappa shape index (κ1) is 21.3. The molecule has 0 amide bonds. The van der Waals surface area contributed by atoms with Crippen LogP contribution in [0.4, 0.5) is 0 Å². The minimum atomic E-state index is 0. The van der Waals surface area contributed by atoms with E-state index in [4.69, 9.17) is 4.99 Å². The molecule has 3 heterocycles. The molecule has 1 atom stereocenters. The summed E-state index contributed by atoms with van der Waals surface area (Å²) in [5, 5.41) is 12.6. The van der Waals surface area contributed by atoms with Gasteiger partial charge in [0.1, 0.15) is 5.82 Å². The molecule has 1 N–H and O–H groups in total. The van der Waals surface area contributed by atoms with Crippen molar-refractivity contribution in [3.63, 3.8) is 0 Å². The Morgan fingerprint density at radius 3 is 3.00 bits per heavy atom. The Kier molecular flexibility index (Phi) is 8.46. The van der Waals surface area contributed by atoms with Crippen LogP contribution in [0.1, 0.15) is 26.6 Å². The molecule has 1 saturated heterocycles. The van der Waals surface area contributed by atoms with Gasteiger partial charge in [0.05, 0.1) is 0 Å². The number of pyridine rings is 1. The van der Waals surface area contributed by atoms with E-state index < -0.39 is 0 Å². The third-order valence-corrected chi connectivity index (χ3v) is 5.99. The van der Waals surface area contributed by atoms with Gasteiger partial charge >= 0.3 is 0 Å². The van der Waals surface area contributed by atoms with Crippen molar-refractivity contribution in [3.8, 4) is 0 Å². The van der Waals surface area contributed by atoms with Crippen LogP contribution >= 0.6 is 35.7 Å². The summed E-state index contributed by atoms with van der Waals surface area (Å²) in [6, 6.07) is 5.96. The van der Waals surface area contributed by atoms with Crippen molar-refractivity contribution in [3.05, 3.63) is 30.2 Å². The minimum Gasteiger partial charge on any atom is -0.357 e. The lowest BCUT2D eigenvalue weighted by Crippen LogP contribution is -2.49. The number of hydrogen-bond donors (Lipinski definition) is 1. The van der Waals surface area contributed by atoms with E-state index in [9.17, 15) is 0 Å². The molecule has 144 valence electrons. The molecule has 0 radical (unpaired) electrons. The molecule has 2 aromatic rings. The van der Waals surface area contributed by atoms with Crippen molar-refractivity contribution in [1.29, 1.82) is 0 Å². The highest BCUT2D eigenvalue weighted by atomic mass is 127. The first-order valence-electron chi connectivity index (χ1n) is 9.12. The number of halogens is 1. The lowest BCUT2D eigenvalue weighted by Gasteiger charge is -2.36. The third-order valence-electron chi connectivity index (χ3n) is 4.45. The minimum absolute atomic E-state index is 0. The zero-order chi connectivity index (χ0) is 17.6. The normalized spacial score (nSPS) is 18.2. The van der Waals surface area contributed by atoms with Crippen LogP contribution in [-0.4, -0.2) is 62.6 Å². The molecule has 26 heavy (non-hydrogen) atoms. The monoisotopic (exact) mass is 488 g/mol. The summed E-state index contributed by atoms with van der Waals surface area (Å²) in [7, 11) is 0. The van der Waals surface area contributed by atoms with Gasteiger partial charge in [0.25, 0.3) is 0 Å². The second-order valence-corrected chi connectivity index (χ2v) is 7.98. The number of fused-ring (bicyclic) bond motifs is 1. The van der Waals surface area contributed by atoms with Gasteiger partial charge in [-0.15, -0.1) is 34.2 Å². The molecule has 0 spiro atoms. The summed E-state index contributed by atoms with van der Waals surface area (Å²) in [5.74, 6) is 3.85. The summed E-state index contributed by atoms with van der Waals surface area (Å²) in [6.45, 7) is 10.5. The van der Waals surface area contributed by atoms with Gasteiger partial charge in [-0.3, -0.25) is 9.39 Å². The van der Waals surface area contributed by atoms with E-state index in [1.54, 1.807) is 0 Å². The number of nitrogens with one attached hydrogen (secondary N) is 1. The van der Waals surface area contributed by atoms with Crippen molar-refractivity contribution in [2.24, 2.45) is 10.9 Å². The summed E-state index contributed by atoms with van der Waals surface area (Å²) in [4.78, 5) is 7.26. The molecule has 0 saturated carbocycles. The molecule has 6 nitrogen and oxygen atoms in total. The van der Waals surface area contributed by atoms with Crippen LogP contribution in [0.2, 0.25) is 0 Å². The topological polar surface area (TPSA) is 57.8 Å². The van der Waals surface area contributed by atoms with Gasteiger partial charge in [-0.2, -0.15) is 11.8 Å². The zero-order valence-corrected chi connectivity index (χ0v) is 18.9. The molecular formula is C18H29IN6S. The number of nitrogens with zero attached hydrogens (tertiary/aromatic N) is 5. The van der Waals surface area contributed by atoms with E-state index >= 15 is 0 Å². The second kappa shape index (κ2) is 10.3. The van der Waals surface area contributed by atoms with E-state index in [0.717, 1.165) is 43.5 Å². The predicted octanol–water partition coefficient (Wildman–Crippen LogP) is 2.93. The van der Waals surface area contributed by atoms with E-state index in [-0.39, 0.29) is 24.0 Å². The molecule has 1 fully saturated rings. The van der Waals surface area contributed by atoms with Crippen LogP contribution in [0.15, 0.2) is 29.4 Å². The van der Waals surface area contributed by atoms with Gasteiger partial charge in [-0.1, -0.05) is 19.9 Å². The van der Waals surface area contributed by atoms with Gasteiger partial charge in [0.15, 0.2) is 11.6 Å². The number of hydrogen-bond acceptors (Lipinski definition) is 4. The Morgan fingerprint density at radius 1 is 1.38 bits per heavy atom. The zero-order valence-electron chi connectivity index (χ0n) is 15.8. The van der Waals surface area contributed by atoms with Crippen molar-refractivity contribution >= 4 is 47.3 Å². The Bertz CT molecular complexity index is 717. The number of rotatable bonds is 5. The average molecular weight is 488 g/mol. The smallest absolute Gasteiger partial charge is 0.193 e. The van der Waals surface area contributed by atoms with E-state index in [1.165, 1.54) is 5.75 Å². The Hall–Kier alpha value is -1.03.